The molecule has 0 aromatic carbocycles. The standard InChI is InChI=1S/C16H27NO4/c1-2-14(18)11-13-16(17(20)21)12-9-7-5-3-4-6-8-10-15(16)19/h2-13H2,1H3. The fourth-order valence-corrected chi connectivity index (χ4v) is 3.03. The smallest absolute Gasteiger partial charge is 0.279 e. The summed E-state index contributed by atoms with van der Waals surface area (Å²) in [5, 5.41) is 11.6. The molecule has 120 valence electrons. The lowest BCUT2D eigenvalue weighted by molar-refractivity contribution is -0.554. The SMILES string of the molecule is CCC(=O)CCC1([N+](=O)[O-])CCCCCCCCCC1=O. The van der Waals surface area contributed by atoms with Gasteiger partial charge in [0.15, 0.2) is 0 Å². The van der Waals surface area contributed by atoms with Crippen molar-refractivity contribution in [2.75, 3.05) is 0 Å². The molecule has 1 rings (SSSR count). The Morgan fingerprint density at radius 1 is 1.14 bits per heavy atom. The average molecular weight is 297 g/mol. The Kier molecular flexibility index (Phi) is 7.54. The van der Waals surface area contributed by atoms with Crippen molar-refractivity contribution in [1.82, 2.24) is 0 Å². The molecule has 0 aromatic heterocycles. The zero-order valence-electron chi connectivity index (χ0n) is 13.1. The lowest BCUT2D eigenvalue weighted by Gasteiger charge is -2.24. The van der Waals surface area contributed by atoms with E-state index in [0.29, 0.717) is 12.8 Å². The molecule has 5 nitrogen and oxygen atoms in total. The first-order chi connectivity index (χ1) is 10.0. The summed E-state index contributed by atoms with van der Waals surface area (Å²) >= 11 is 0. The number of carbonyl (C=O) groups is 2. The minimum atomic E-state index is -1.52. The molecule has 1 aliphatic carbocycles. The van der Waals surface area contributed by atoms with Crippen LogP contribution in [0.3, 0.4) is 0 Å². The maximum Gasteiger partial charge on any atom is 0.279 e. The molecule has 0 aliphatic heterocycles. The van der Waals surface area contributed by atoms with E-state index in [4.69, 9.17) is 0 Å². The van der Waals surface area contributed by atoms with E-state index >= 15 is 0 Å². The molecule has 0 saturated heterocycles. The molecule has 5 heteroatoms. The number of carbonyl (C=O) groups excluding carboxylic acids is 2. The van der Waals surface area contributed by atoms with Gasteiger partial charge in [-0.1, -0.05) is 39.0 Å². The van der Waals surface area contributed by atoms with E-state index in [0.717, 1.165) is 38.5 Å². The first kappa shape index (κ1) is 17.8. The first-order valence-corrected chi connectivity index (χ1v) is 8.22. The van der Waals surface area contributed by atoms with Crippen molar-refractivity contribution in [2.24, 2.45) is 0 Å². The van der Waals surface area contributed by atoms with Gasteiger partial charge in [-0.25, -0.2) is 0 Å². The number of hydrogen-bond donors (Lipinski definition) is 0. The van der Waals surface area contributed by atoms with Gasteiger partial charge in [-0.15, -0.1) is 0 Å². The maximum absolute atomic E-state index is 12.5. The van der Waals surface area contributed by atoms with Crippen LogP contribution in [0.1, 0.15) is 84.0 Å². The van der Waals surface area contributed by atoms with E-state index in [2.05, 4.69) is 0 Å². The molecule has 0 bridgehead atoms. The van der Waals surface area contributed by atoms with E-state index in [1.807, 2.05) is 0 Å². The van der Waals surface area contributed by atoms with E-state index in [9.17, 15) is 19.7 Å². The summed E-state index contributed by atoms with van der Waals surface area (Å²) in [6.07, 6.45) is 7.83. The van der Waals surface area contributed by atoms with Crippen LogP contribution in [0.2, 0.25) is 0 Å². The zero-order valence-corrected chi connectivity index (χ0v) is 13.1. The zero-order chi connectivity index (χ0) is 15.7. The Labute approximate surface area is 126 Å². The molecule has 21 heavy (non-hydrogen) atoms. The van der Waals surface area contributed by atoms with E-state index < -0.39 is 10.5 Å². The highest BCUT2D eigenvalue weighted by Crippen LogP contribution is 2.30. The molecule has 0 N–H and O–H groups in total. The predicted octanol–water partition coefficient (Wildman–Crippen LogP) is 3.85. The number of hydrogen-bond acceptors (Lipinski definition) is 4. The van der Waals surface area contributed by atoms with Crippen LogP contribution in [0.4, 0.5) is 0 Å². The van der Waals surface area contributed by atoms with Crippen LogP contribution in [0.15, 0.2) is 0 Å². The molecule has 1 aliphatic rings. The summed E-state index contributed by atoms with van der Waals surface area (Å²) < 4.78 is 0. The molecule has 0 heterocycles. The van der Waals surface area contributed by atoms with Crippen LogP contribution in [0, 0.1) is 10.1 Å². The van der Waals surface area contributed by atoms with Gasteiger partial charge in [-0.05, 0) is 12.8 Å². The second-order valence-corrected chi connectivity index (χ2v) is 6.08. The summed E-state index contributed by atoms with van der Waals surface area (Å²) in [5.74, 6) is -0.267. The Bertz CT molecular complexity index is 380. The number of nitrogens with zero attached hydrogens (tertiary/aromatic N) is 1. The third-order valence-electron chi connectivity index (χ3n) is 4.57. The first-order valence-electron chi connectivity index (χ1n) is 8.22. The van der Waals surface area contributed by atoms with Crippen LogP contribution in [-0.4, -0.2) is 22.0 Å². The minimum Gasteiger partial charge on any atom is -0.300 e. The Hall–Kier alpha value is -1.26. The molecule has 0 spiro atoms. The third-order valence-corrected chi connectivity index (χ3v) is 4.57. The normalized spacial score (nSPS) is 25.1. The molecular formula is C16H27NO4. The monoisotopic (exact) mass is 297 g/mol. The Morgan fingerprint density at radius 2 is 1.71 bits per heavy atom. The fourth-order valence-electron chi connectivity index (χ4n) is 3.03. The molecule has 1 fully saturated rings. The topological polar surface area (TPSA) is 77.3 Å². The molecular weight excluding hydrogens is 270 g/mol. The quantitative estimate of drug-likeness (QED) is 0.570. The van der Waals surface area contributed by atoms with Crippen LogP contribution >= 0.6 is 0 Å². The van der Waals surface area contributed by atoms with Crippen LogP contribution in [0.25, 0.3) is 0 Å². The minimum absolute atomic E-state index is 0.00154. The molecule has 0 aromatic rings. The Morgan fingerprint density at radius 3 is 2.29 bits per heavy atom. The third kappa shape index (κ3) is 5.21. The molecule has 1 unspecified atom stereocenters. The van der Waals surface area contributed by atoms with Gasteiger partial charge in [-0.2, -0.15) is 0 Å². The van der Waals surface area contributed by atoms with Gasteiger partial charge in [-0.3, -0.25) is 19.7 Å². The van der Waals surface area contributed by atoms with Gasteiger partial charge >= 0.3 is 0 Å². The highest BCUT2D eigenvalue weighted by Gasteiger charge is 2.48. The van der Waals surface area contributed by atoms with Crippen molar-refractivity contribution in [3.8, 4) is 0 Å². The van der Waals surface area contributed by atoms with Gasteiger partial charge in [0.25, 0.3) is 5.54 Å². The second-order valence-electron chi connectivity index (χ2n) is 6.08. The number of Topliss-reactive ketones (excluding diaryl/α,β-unsaturated/α-hetero) is 2. The summed E-state index contributed by atoms with van der Waals surface area (Å²) in [6, 6.07) is 0. The van der Waals surface area contributed by atoms with Crippen molar-refractivity contribution in [3.05, 3.63) is 10.1 Å². The van der Waals surface area contributed by atoms with Crippen molar-refractivity contribution < 1.29 is 14.5 Å². The van der Waals surface area contributed by atoms with Crippen LogP contribution < -0.4 is 0 Å². The van der Waals surface area contributed by atoms with Crippen molar-refractivity contribution >= 4 is 11.6 Å². The van der Waals surface area contributed by atoms with Crippen LogP contribution in [0.5, 0.6) is 0 Å². The number of rotatable bonds is 5. The predicted molar refractivity (Wildman–Crippen MR) is 80.8 cm³/mol. The lowest BCUT2D eigenvalue weighted by atomic mass is 9.81. The van der Waals surface area contributed by atoms with Crippen molar-refractivity contribution in [3.63, 3.8) is 0 Å². The number of ketones is 2. The highest BCUT2D eigenvalue weighted by molar-refractivity contribution is 5.88. The van der Waals surface area contributed by atoms with Gasteiger partial charge in [0.05, 0.1) is 0 Å². The van der Waals surface area contributed by atoms with Crippen molar-refractivity contribution in [2.45, 2.75) is 89.5 Å². The molecule has 0 radical (unpaired) electrons. The van der Waals surface area contributed by atoms with E-state index in [1.54, 1.807) is 6.92 Å². The van der Waals surface area contributed by atoms with E-state index in [1.165, 1.54) is 0 Å². The summed E-state index contributed by atoms with van der Waals surface area (Å²) in [5.41, 5.74) is -1.52. The lowest BCUT2D eigenvalue weighted by Crippen LogP contribution is -2.46. The Balaban J connectivity index is 2.87. The van der Waals surface area contributed by atoms with Crippen molar-refractivity contribution in [1.29, 1.82) is 0 Å². The summed E-state index contributed by atoms with van der Waals surface area (Å²) in [6.45, 7) is 1.75. The molecule has 1 saturated carbocycles. The molecule has 0 amide bonds. The second kappa shape index (κ2) is 8.90. The summed E-state index contributed by atoms with van der Waals surface area (Å²) in [7, 11) is 0. The molecule has 1 atom stereocenters. The van der Waals surface area contributed by atoms with Gasteiger partial charge in [0.2, 0.25) is 5.78 Å². The largest absolute Gasteiger partial charge is 0.300 e. The van der Waals surface area contributed by atoms with Gasteiger partial charge < -0.3 is 0 Å². The average Bonchev–Trinajstić information content (AvgIpc) is 2.50. The van der Waals surface area contributed by atoms with Gasteiger partial charge in [0, 0.05) is 37.0 Å². The fraction of sp³-hybridized carbons (Fsp3) is 0.875. The van der Waals surface area contributed by atoms with Gasteiger partial charge in [0.1, 0.15) is 5.78 Å². The maximum atomic E-state index is 12.5. The van der Waals surface area contributed by atoms with Crippen LogP contribution in [-0.2, 0) is 9.59 Å². The number of nitro groups is 1. The summed E-state index contributed by atoms with van der Waals surface area (Å²) in [4.78, 5) is 35.2. The highest BCUT2D eigenvalue weighted by atomic mass is 16.6. The van der Waals surface area contributed by atoms with E-state index in [-0.39, 0.29) is 37.2 Å².